The molecule has 0 saturated heterocycles. The Kier molecular flexibility index (Phi) is 1.69. The van der Waals surface area contributed by atoms with E-state index in [2.05, 4.69) is 13.0 Å². The van der Waals surface area contributed by atoms with Gasteiger partial charge in [-0.15, -0.1) is 0 Å². The molecule has 8 heavy (non-hydrogen) atoms. The molecule has 1 aliphatic rings. The fraction of sp³-hybridized carbons (Fsp3) is 0.714. The van der Waals surface area contributed by atoms with Gasteiger partial charge in [-0.2, -0.15) is 0 Å². The summed E-state index contributed by atoms with van der Waals surface area (Å²) in [5.41, 5.74) is 7.17. The van der Waals surface area contributed by atoms with Crippen LogP contribution in [-0.2, 0) is 0 Å². The van der Waals surface area contributed by atoms with Crippen molar-refractivity contribution in [1.29, 1.82) is 0 Å². The van der Waals surface area contributed by atoms with Crippen LogP contribution in [0.3, 0.4) is 0 Å². The maximum atomic E-state index is 5.72. The van der Waals surface area contributed by atoms with Gasteiger partial charge in [0.2, 0.25) is 0 Å². The maximum Gasteiger partial charge on any atom is 0.0256 e. The normalized spacial score (nSPS) is 28.2. The first-order valence-corrected chi connectivity index (χ1v) is 3.29. The molecule has 1 nitrogen and oxygen atoms in total. The number of rotatable bonds is 1. The van der Waals surface area contributed by atoms with E-state index in [-0.39, 0.29) is 0 Å². The average molecular weight is 111 g/mol. The van der Waals surface area contributed by atoms with E-state index in [0.717, 1.165) is 6.42 Å². The fourth-order valence-electron chi connectivity index (χ4n) is 1.19. The minimum absolute atomic E-state index is 0.389. The van der Waals surface area contributed by atoms with Crippen LogP contribution in [0.15, 0.2) is 11.6 Å². The van der Waals surface area contributed by atoms with Crippen molar-refractivity contribution in [3.8, 4) is 0 Å². The Morgan fingerprint density at radius 2 is 2.62 bits per heavy atom. The van der Waals surface area contributed by atoms with Crippen LogP contribution in [0.25, 0.3) is 0 Å². The summed E-state index contributed by atoms with van der Waals surface area (Å²) in [5, 5.41) is 0. The van der Waals surface area contributed by atoms with Gasteiger partial charge >= 0.3 is 0 Å². The quantitative estimate of drug-likeness (QED) is 0.509. The molecule has 1 rings (SSSR count). The molecule has 0 heterocycles. The maximum absolute atomic E-state index is 5.72. The highest BCUT2D eigenvalue weighted by Gasteiger charge is 2.11. The Labute approximate surface area is 50.6 Å². The lowest BCUT2D eigenvalue weighted by Crippen LogP contribution is -2.17. The van der Waals surface area contributed by atoms with Gasteiger partial charge in [-0.25, -0.2) is 0 Å². The lowest BCUT2D eigenvalue weighted by molar-refractivity contribution is 0.732. The number of hydrogen-bond acceptors (Lipinski definition) is 1. The molecule has 1 aliphatic carbocycles. The second-order valence-electron chi connectivity index (χ2n) is 2.32. The van der Waals surface area contributed by atoms with Crippen LogP contribution < -0.4 is 5.73 Å². The van der Waals surface area contributed by atoms with Gasteiger partial charge in [0.25, 0.3) is 0 Å². The highest BCUT2D eigenvalue weighted by molar-refractivity contribution is 5.14. The molecule has 0 spiro atoms. The molecule has 0 fully saturated rings. The lowest BCUT2D eigenvalue weighted by atomic mass is 10.1. The van der Waals surface area contributed by atoms with E-state index in [1.54, 1.807) is 0 Å². The Balaban J connectivity index is 2.49. The van der Waals surface area contributed by atoms with Crippen molar-refractivity contribution in [2.45, 2.75) is 32.2 Å². The van der Waals surface area contributed by atoms with Gasteiger partial charge in [0.1, 0.15) is 0 Å². The second-order valence-corrected chi connectivity index (χ2v) is 2.32. The Morgan fingerprint density at radius 1 is 1.88 bits per heavy atom. The Hall–Kier alpha value is -0.300. The van der Waals surface area contributed by atoms with Gasteiger partial charge in [0.15, 0.2) is 0 Å². The van der Waals surface area contributed by atoms with Crippen molar-refractivity contribution < 1.29 is 0 Å². The van der Waals surface area contributed by atoms with Crippen molar-refractivity contribution in [1.82, 2.24) is 0 Å². The summed E-state index contributed by atoms with van der Waals surface area (Å²) in [6, 6.07) is 0.389. The minimum Gasteiger partial charge on any atom is -0.324 e. The summed E-state index contributed by atoms with van der Waals surface area (Å²) in [4.78, 5) is 0. The van der Waals surface area contributed by atoms with E-state index in [0.29, 0.717) is 6.04 Å². The topological polar surface area (TPSA) is 26.0 Å². The molecule has 0 aliphatic heterocycles. The van der Waals surface area contributed by atoms with Crippen molar-refractivity contribution in [2.24, 2.45) is 5.73 Å². The summed E-state index contributed by atoms with van der Waals surface area (Å²) in [7, 11) is 0. The van der Waals surface area contributed by atoms with Gasteiger partial charge in [0.05, 0.1) is 0 Å². The van der Waals surface area contributed by atoms with Crippen LogP contribution in [0.1, 0.15) is 26.2 Å². The molecule has 0 radical (unpaired) electrons. The molecule has 46 valence electrons. The molecule has 1 atom stereocenters. The monoisotopic (exact) mass is 111 g/mol. The number of nitrogens with two attached hydrogens (primary N) is 1. The van der Waals surface area contributed by atoms with Crippen LogP contribution in [0.4, 0.5) is 0 Å². The van der Waals surface area contributed by atoms with Gasteiger partial charge < -0.3 is 5.73 Å². The molecule has 1 unspecified atom stereocenters. The SMILES string of the molecule is CCC1=CCCC1N. The standard InChI is InChI=1S/C7H13N/c1-2-6-4-3-5-7(6)8/h4,7H,2-3,5,8H2,1H3. The van der Waals surface area contributed by atoms with Crippen LogP contribution in [0, 0.1) is 0 Å². The second kappa shape index (κ2) is 2.31. The summed E-state index contributed by atoms with van der Waals surface area (Å²) in [6.07, 6.45) is 5.78. The van der Waals surface area contributed by atoms with Crippen molar-refractivity contribution in [2.75, 3.05) is 0 Å². The minimum atomic E-state index is 0.389. The first kappa shape index (κ1) is 5.83. The van der Waals surface area contributed by atoms with E-state index in [1.807, 2.05) is 0 Å². The third-order valence-electron chi connectivity index (χ3n) is 1.77. The zero-order chi connectivity index (χ0) is 5.98. The predicted octanol–water partition coefficient (Wildman–Crippen LogP) is 1.44. The highest BCUT2D eigenvalue weighted by Crippen LogP contribution is 2.18. The van der Waals surface area contributed by atoms with E-state index in [4.69, 9.17) is 5.73 Å². The Morgan fingerprint density at radius 3 is 2.88 bits per heavy atom. The first-order chi connectivity index (χ1) is 3.84. The zero-order valence-corrected chi connectivity index (χ0v) is 5.35. The van der Waals surface area contributed by atoms with Gasteiger partial charge in [-0.1, -0.05) is 18.6 Å². The van der Waals surface area contributed by atoms with Gasteiger partial charge in [0, 0.05) is 6.04 Å². The van der Waals surface area contributed by atoms with Crippen LogP contribution in [-0.4, -0.2) is 6.04 Å². The molecule has 0 bridgehead atoms. The molecule has 0 aromatic heterocycles. The predicted molar refractivity (Wildman–Crippen MR) is 35.6 cm³/mol. The molecule has 0 aromatic carbocycles. The molecule has 1 heteroatoms. The van der Waals surface area contributed by atoms with E-state index in [9.17, 15) is 0 Å². The zero-order valence-electron chi connectivity index (χ0n) is 5.35. The van der Waals surface area contributed by atoms with E-state index in [1.165, 1.54) is 18.4 Å². The van der Waals surface area contributed by atoms with Crippen LogP contribution in [0.5, 0.6) is 0 Å². The fourth-order valence-corrected chi connectivity index (χ4v) is 1.19. The van der Waals surface area contributed by atoms with Crippen molar-refractivity contribution in [3.05, 3.63) is 11.6 Å². The largest absolute Gasteiger partial charge is 0.324 e. The molecular formula is C7H13N. The van der Waals surface area contributed by atoms with Gasteiger partial charge in [-0.3, -0.25) is 0 Å². The van der Waals surface area contributed by atoms with Gasteiger partial charge in [-0.05, 0) is 19.3 Å². The summed E-state index contributed by atoms with van der Waals surface area (Å²) >= 11 is 0. The average Bonchev–Trinajstić information content (AvgIpc) is 2.14. The molecule has 0 amide bonds. The first-order valence-electron chi connectivity index (χ1n) is 3.29. The van der Waals surface area contributed by atoms with Crippen molar-refractivity contribution in [3.63, 3.8) is 0 Å². The van der Waals surface area contributed by atoms with E-state index < -0.39 is 0 Å². The molecule has 0 saturated carbocycles. The van der Waals surface area contributed by atoms with Crippen molar-refractivity contribution >= 4 is 0 Å². The smallest absolute Gasteiger partial charge is 0.0256 e. The molecular weight excluding hydrogens is 98.1 g/mol. The number of allylic oxidation sites excluding steroid dienone is 1. The third-order valence-corrected chi connectivity index (χ3v) is 1.77. The summed E-state index contributed by atoms with van der Waals surface area (Å²) in [5.74, 6) is 0. The molecule has 0 aromatic rings. The third kappa shape index (κ3) is 0.920. The summed E-state index contributed by atoms with van der Waals surface area (Å²) < 4.78 is 0. The van der Waals surface area contributed by atoms with Crippen LogP contribution >= 0.6 is 0 Å². The van der Waals surface area contributed by atoms with E-state index >= 15 is 0 Å². The lowest BCUT2D eigenvalue weighted by Gasteiger charge is -2.03. The highest BCUT2D eigenvalue weighted by atomic mass is 14.6. The van der Waals surface area contributed by atoms with Crippen LogP contribution in [0.2, 0.25) is 0 Å². The molecule has 2 N–H and O–H groups in total. The summed E-state index contributed by atoms with van der Waals surface area (Å²) in [6.45, 7) is 2.16. The Bertz CT molecular complexity index is 105. The number of hydrogen-bond donors (Lipinski definition) is 1.